The average molecular weight is 701 g/mol. The lowest BCUT2D eigenvalue weighted by Crippen LogP contribution is -2.26. The minimum atomic E-state index is -3.10. The van der Waals surface area contributed by atoms with Gasteiger partial charge in [-0.25, -0.2) is 27.8 Å². The summed E-state index contributed by atoms with van der Waals surface area (Å²) in [6.45, 7) is 4.43. The van der Waals surface area contributed by atoms with Crippen molar-refractivity contribution in [1.29, 1.82) is 0 Å². The van der Waals surface area contributed by atoms with E-state index in [-0.39, 0.29) is 18.2 Å². The summed E-state index contributed by atoms with van der Waals surface area (Å²) in [5, 5.41) is 9.70. The third kappa shape index (κ3) is 7.70. The summed E-state index contributed by atoms with van der Waals surface area (Å²) in [6.07, 6.45) is 1.49. The molecule has 0 saturated carbocycles. The lowest BCUT2D eigenvalue weighted by Gasteiger charge is -2.13. The molecule has 2 N–H and O–H groups in total. The topological polar surface area (TPSA) is 115 Å². The van der Waals surface area contributed by atoms with Gasteiger partial charge >= 0.3 is 0 Å². The highest BCUT2D eigenvalue weighted by molar-refractivity contribution is 9.10. The van der Waals surface area contributed by atoms with E-state index in [0.29, 0.717) is 35.9 Å². The lowest BCUT2D eigenvalue weighted by molar-refractivity contribution is 0.303. The number of thiazole rings is 1. The molecule has 5 rings (SSSR count). The molecular weight excluding hydrogens is 669 g/mol. The minimum Gasteiger partial charge on any atom is -0.496 e. The Balaban J connectivity index is 1.32. The van der Waals surface area contributed by atoms with E-state index >= 15 is 0 Å². The van der Waals surface area contributed by atoms with E-state index in [1.54, 1.807) is 27.0 Å². The highest BCUT2D eigenvalue weighted by Gasteiger charge is 2.17. The van der Waals surface area contributed by atoms with Crippen LogP contribution in [-0.4, -0.2) is 48.0 Å². The van der Waals surface area contributed by atoms with E-state index in [9.17, 15) is 12.8 Å². The number of benzene rings is 3. The summed E-state index contributed by atoms with van der Waals surface area (Å²) in [5.41, 5.74) is 3.72. The fourth-order valence-electron chi connectivity index (χ4n) is 4.33. The Bertz CT molecular complexity index is 1880. The van der Waals surface area contributed by atoms with Crippen LogP contribution in [0.3, 0.4) is 0 Å². The number of halogens is 2. The van der Waals surface area contributed by atoms with E-state index in [1.165, 1.54) is 29.8 Å². The fraction of sp³-hybridized carbons (Fsp3) is 0.258. The molecule has 0 aliphatic carbocycles. The van der Waals surface area contributed by atoms with Crippen molar-refractivity contribution in [2.45, 2.75) is 32.2 Å². The van der Waals surface area contributed by atoms with Crippen molar-refractivity contribution >= 4 is 59.5 Å². The quantitative estimate of drug-likeness (QED) is 0.127. The van der Waals surface area contributed by atoms with Crippen LogP contribution >= 0.6 is 27.3 Å². The van der Waals surface area contributed by atoms with Crippen LogP contribution in [0, 0.1) is 5.82 Å². The normalized spacial score (nSPS) is 11.7. The Labute approximate surface area is 267 Å². The van der Waals surface area contributed by atoms with Gasteiger partial charge in [0.05, 0.1) is 33.8 Å². The first-order chi connectivity index (χ1) is 21.1. The zero-order valence-electron chi connectivity index (χ0n) is 24.3. The summed E-state index contributed by atoms with van der Waals surface area (Å²) < 4.78 is 49.9. The maximum Gasteiger partial charge on any atom is 0.153 e. The number of fused-ring (bicyclic) bond motifs is 1. The summed E-state index contributed by atoms with van der Waals surface area (Å²) >= 11 is 5.05. The summed E-state index contributed by atoms with van der Waals surface area (Å²) in [6, 6.07) is 15.7. The van der Waals surface area contributed by atoms with E-state index in [2.05, 4.69) is 36.5 Å². The van der Waals surface area contributed by atoms with E-state index in [4.69, 9.17) is 14.5 Å². The number of aromatic nitrogens is 3. The van der Waals surface area contributed by atoms with Crippen molar-refractivity contribution in [3.8, 4) is 22.8 Å². The van der Waals surface area contributed by atoms with E-state index in [0.717, 1.165) is 37.4 Å². The van der Waals surface area contributed by atoms with E-state index < -0.39 is 15.1 Å². The molecule has 44 heavy (non-hydrogen) atoms. The smallest absolute Gasteiger partial charge is 0.153 e. The molecule has 0 spiro atoms. The van der Waals surface area contributed by atoms with Gasteiger partial charge in [0.1, 0.15) is 41.1 Å². The first kappa shape index (κ1) is 31.8. The molecule has 2 heterocycles. The predicted molar refractivity (Wildman–Crippen MR) is 176 cm³/mol. The van der Waals surface area contributed by atoms with Gasteiger partial charge in [-0.05, 0) is 71.7 Å². The van der Waals surface area contributed by atoms with Gasteiger partial charge in [-0.3, -0.25) is 0 Å². The number of hydrogen-bond acceptors (Lipinski definition) is 10. The third-order valence-electron chi connectivity index (χ3n) is 6.82. The molecule has 0 radical (unpaired) electrons. The number of nitrogens with zero attached hydrogens (tertiary/aromatic N) is 3. The molecule has 230 valence electrons. The van der Waals surface area contributed by atoms with Crippen molar-refractivity contribution in [3.63, 3.8) is 0 Å². The number of sulfone groups is 1. The van der Waals surface area contributed by atoms with Crippen molar-refractivity contribution in [3.05, 3.63) is 87.2 Å². The first-order valence-electron chi connectivity index (χ1n) is 13.8. The van der Waals surface area contributed by atoms with Crippen LogP contribution in [0.15, 0.2) is 70.8 Å². The molecule has 0 atom stereocenters. The van der Waals surface area contributed by atoms with Gasteiger partial charge in [0.2, 0.25) is 0 Å². The van der Waals surface area contributed by atoms with Gasteiger partial charge in [0, 0.05) is 41.2 Å². The SMILES string of the molecule is COc1cc2ncnc(Nc3ccc(OCc4cccc(F)c4)c(Br)c3)c2cc1-c1csc(CNCCS(=O)(=O)C(C)C)n1. The molecule has 0 amide bonds. The zero-order chi connectivity index (χ0) is 31.3. The van der Waals surface area contributed by atoms with Crippen LogP contribution in [0.2, 0.25) is 0 Å². The number of rotatable bonds is 13. The van der Waals surface area contributed by atoms with Gasteiger partial charge < -0.3 is 20.1 Å². The Morgan fingerprint density at radius 1 is 1.07 bits per heavy atom. The maximum atomic E-state index is 13.5. The van der Waals surface area contributed by atoms with Crippen LogP contribution in [0.5, 0.6) is 11.5 Å². The summed E-state index contributed by atoms with van der Waals surface area (Å²) in [5.74, 6) is 1.62. The molecule has 0 unspecified atom stereocenters. The molecule has 3 aromatic carbocycles. The second kappa shape index (κ2) is 14.0. The van der Waals surface area contributed by atoms with Gasteiger partial charge in [-0.2, -0.15) is 0 Å². The molecule has 5 aromatic rings. The second-order valence-corrected chi connectivity index (χ2v) is 14.7. The molecule has 0 fully saturated rings. The number of ether oxygens (including phenoxy) is 2. The third-order valence-corrected chi connectivity index (χ3v) is 10.5. The Kier molecular flexibility index (Phi) is 10.1. The molecule has 0 aliphatic heterocycles. The monoisotopic (exact) mass is 699 g/mol. The van der Waals surface area contributed by atoms with Crippen molar-refractivity contribution in [2.75, 3.05) is 24.7 Å². The average Bonchev–Trinajstić information content (AvgIpc) is 3.47. The van der Waals surface area contributed by atoms with Crippen molar-refractivity contribution < 1.29 is 22.3 Å². The minimum absolute atomic E-state index is 0.0818. The largest absolute Gasteiger partial charge is 0.496 e. The van der Waals surface area contributed by atoms with Crippen LogP contribution in [0.4, 0.5) is 15.9 Å². The molecule has 0 bridgehead atoms. The molecule has 13 heteroatoms. The van der Waals surface area contributed by atoms with Crippen LogP contribution in [0.25, 0.3) is 22.2 Å². The first-order valence-corrected chi connectivity index (χ1v) is 17.2. The highest BCUT2D eigenvalue weighted by atomic mass is 79.9. The van der Waals surface area contributed by atoms with Crippen LogP contribution in [0.1, 0.15) is 24.4 Å². The van der Waals surface area contributed by atoms with Gasteiger partial charge in [0.15, 0.2) is 9.84 Å². The molecule has 0 aliphatic rings. The zero-order valence-corrected chi connectivity index (χ0v) is 27.5. The van der Waals surface area contributed by atoms with Crippen molar-refractivity contribution in [2.24, 2.45) is 0 Å². The Hall–Kier alpha value is -3.65. The van der Waals surface area contributed by atoms with Gasteiger partial charge in [0.25, 0.3) is 0 Å². The van der Waals surface area contributed by atoms with Crippen molar-refractivity contribution in [1.82, 2.24) is 20.3 Å². The number of methoxy groups -OCH3 is 1. The lowest BCUT2D eigenvalue weighted by atomic mass is 10.1. The van der Waals surface area contributed by atoms with Crippen LogP contribution < -0.4 is 20.1 Å². The number of hydrogen-bond donors (Lipinski definition) is 2. The Morgan fingerprint density at radius 2 is 1.91 bits per heavy atom. The maximum absolute atomic E-state index is 13.5. The summed E-state index contributed by atoms with van der Waals surface area (Å²) in [4.78, 5) is 13.7. The van der Waals surface area contributed by atoms with Gasteiger partial charge in [-0.1, -0.05) is 12.1 Å². The number of anilines is 2. The van der Waals surface area contributed by atoms with E-state index in [1.807, 2.05) is 41.8 Å². The van der Waals surface area contributed by atoms with Crippen LogP contribution in [-0.2, 0) is 23.0 Å². The molecule has 9 nitrogen and oxygen atoms in total. The highest BCUT2D eigenvalue weighted by Crippen LogP contribution is 2.37. The molecule has 2 aromatic heterocycles. The predicted octanol–water partition coefficient (Wildman–Crippen LogP) is 6.90. The summed E-state index contributed by atoms with van der Waals surface area (Å²) in [7, 11) is -1.50. The molecular formula is C31H31BrFN5O4S2. The fourth-order valence-corrected chi connectivity index (χ4v) is 6.49. The molecule has 0 saturated heterocycles. The standard InChI is InChI=1S/C31H31BrFN5O4S2/c1-19(2)44(39,40)10-9-34-15-30-38-27(17-43-30)23-13-24-26(14-29(23)41-3)35-18-36-31(24)37-22-7-8-28(25(32)12-22)42-16-20-5-4-6-21(33)11-20/h4-8,11-14,17-19,34H,9-10,15-16H2,1-3H3,(H,35,36,37). The Morgan fingerprint density at radius 3 is 2.66 bits per heavy atom. The van der Waals surface area contributed by atoms with Gasteiger partial charge in [-0.15, -0.1) is 11.3 Å². The second-order valence-electron chi connectivity index (χ2n) is 10.2. The number of nitrogens with one attached hydrogen (secondary N) is 2.